The monoisotopic (exact) mass is 598 g/mol. The molecule has 0 radical (unpaired) electrons. The molecule has 0 aliphatic carbocycles. The van der Waals surface area contributed by atoms with Crippen molar-refractivity contribution in [3.05, 3.63) is 94.6 Å². The van der Waals surface area contributed by atoms with Gasteiger partial charge in [0.25, 0.3) is 0 Å². The van der Waals surface area contributed by atoms with E-state index >= 15 is 0 Å². The van der Waals surface area contributed by atoms with Gasteiger partial charge >= 0.3 is 18.3 Å². The first-order chi connectivity index (χ1) is 18.9. The number of aromatic nitrogens is 2. The molecule has 0 atom stereocenters. The van der Waals surface area contributed by atoms with Crippen LogP contribution in [0.25, 0.3) is 24.3 Å². The average Bonchev–Trinajstić information content (AvgIpc) is 2.91. The molecule has 0 unspecified atom stereocenters. The third-order valence-corrected chi connectivity index (χ3v) is 7.36. The fourth-order valence-corrected chi connectivity index (χ4v) is 4.72. The van der Waals surface area contributed by atoms with Crippen molar-refractivity contribution in [1.82, 2.24) is 0 Å². The number of benzene rings is 1. The molecule has 0 aliphatic heterocycles. The van der Waals surface area contributed by atoms with Crippen molar-refractivity contribution in [1.29, 1.82) is 0 Å². The molecule has 0 saturated heterocycles. The number of rotatable bonds is 13. The Labute approximate surface area is 231 Å². The zero-order chi connectivity index (χ0) is 29.3. The first-order valence-electron chi connectivity index (χ1n) is 12.3. The highest BCUT2D eigenvalue weighted by molar-refractivity contribution is 6.56. The van der Waals surface area contributed by atoms with Crippen LogP contribution in [0.2, 0.25) is 6.04 Å². The summed E-state index contributed by atoms with van der Waals surface area (Å²) in [7, 11) is -7.15. The second kappa shape index (κ2) is 14.5. The van der Waals surface area contributed by atoms with Crippen LogP contribution in [-0.2, 0) is 17.5 Å². The smallest absolute Gasteiger partial charge is 0.392 e. The molecule has 0 spiro atoms. The lowest BCUT2D eigenvalue weighted by Crippen LogP contribution is -2.38. The van der Waals surface area contributed by atoms with Crippen molar-refractivity contribution in [2.45, 2.75) is 32.0 Å². The van der Waals surface area contributed by atoms with Gasteiger partial charge in [-0.1, -0.05) is 12.2 Å². The molecule has 0 bridgehead atoms. The third-order valence-electron chi connectivity index (χ3n) is 5.81. The van der Waals surface area contributed by atoms with E-state index in [0.29, 0.717) is 37.1 Å². The summed E-state index contributed by atoms with van der Waals surface area (Å²) in [6.07, 6.45) is 12.0. The fourth-order valence-electron chi connectivity index (χ4n) is 3.71. The molecule has 3 aromatic rings. The summed E-state index contributed by atoms with van der Waals surface area (Å²) in [5.74, 6) is -6.13. The Morgan fingerprint density at radius 1 is 0.675 bits per heavy atom. The summed E-state index contributed by atoms with van der Waals surface area (Å²) < 4.78 is 67.1. The standard InChI is InChI=1S/C26H30F4N2O6Si2/c27-23-21(5-3-19-7-13-31(14-8-19)11-1-17-38-39(33)34)24(28)26(30)22(25(23)29)6-4-20-9-15-32(16-10-20)12-2-18-40(35,36)37/h3-10,13-16,33-37,39H,1-2,11-12,17-18H2/q+2/b5-3+,6-4+. The van der Waals surface area contributed by atoms with Gasteiger partial charge in [-0.25, -0.2) is 26.7 Å². The van der Waals surface area contributed by atoms with E-state index in [0.717, 1.165) is 12.2 Å². The molecule has 0 amide bonds. The molecule has 214 valence electrons. The summed E-state index contributed by atoms with van der Waals surface area (Å²) in [5.41, 5.74) is -0.688. The van der Waals surface area contributed by atoms with Crippen molar-refractivity contribution in [3.8, 4) is 0 Å². The maximum atomic E-state index is 14.7. The largest absolute Gasteiger partial charge is 0.492 e. The normalized spacial score (nSPS) is 12.3. The average molecular weight is 599 g/mol. The number of hydrogen-bond acceptors (Lipinski definition) is 6. The molecular weight excluding hydrogens is 568 g/mol. The highest BCUT2D eigenvalue weighted by Gasteiger charge is 2.26. The Kier molecular flexibility index (Phi) is 11.4. The minimum absolute atomic E-state index is 0.120. The van der Waals surface area contributed by atoms with Crippen molar-refractivity contribution < 1.29 is 55.1 Å². The van der Waals surface area contributed by atoms with Crippen LogP contribution in [0.3, 0.4) is 0 Å². The summed E-state index contributed by atoms with van der Waals surface area (Å²) >= 11 is 0. The predicted octanol–water partition coefficient (Wildman–Crippen LogP) is 1.57. The van der Waals surface area contributed by atoms with E-state index in [9.17, 15) is 17.6 Å². The van der Waals surface area contributed by atoms with Crippen LogP contribution >= 0.6 is 0 Å². The lowest BCUT2D eigenvalue weighted by atomic mass is 10.0. The molecule has 3 rings (SSSR count). The summed E-state index contributed by atoms with van der Waals surface area (Å²) in [4.78, 5) is 44.7. The molecule has 5 N–H and O–H groups in total. The maximum Gasteiger partial charge on any atom is 0.492 e. The summed E-state index contributed by atoms with van der Waals surface area (Å²) in [6.45, 7) is 1.12. The van der Waals surface area contributed by atoms with Gasteiger partial charge in [0.2, 0.25) is 0 Å². The molecule has 1 aromatic carbocycles. The topological polar surface area (TPSA) is 118 Å². The van der Waals surface area contributed by atoms with Gasteiger partial charge in [-0.3, -0.25) is 0 Å². The van der Waals surface area contributed by atoms with Crippen LogP contribution in [0.1, 0.15) is 35.1 Å². The lowest BCUT2D eigenvalue weighted by Gasteiger charge is -2.07. The fraction of sp³-hybridized carbons (Fsp3) is 0.231. The second-order valence-corrected chi connectivity index (χ2v) is 12.0. The second-order valence-electron chi connectivity index (χ2n) is 8.92. The molecular formula is C26H30F4N2O6Si2+2. The first kappa shape index (κ1) is 31.4. The van der Waals surface area contributed by atoms with E-state index in [1.165, 1.54) is 12.2 Å². The zero-order valence-electron chi connectivity index (χ0n) is 21.3. The minimum Gasteiger partial charge on any atom is -0.392 e. The molecule has 14 heteroatoms. The maximum absolute atomic E-state index is 14.7. The van der Waals surface area contributed by atoms with Gasteiger partial charge in [-0.15, -0.1) is 0 Å². The molecule has 8 nitrogen and oxygen atoms in total. The summed E-state index contributed by atoms with van der Waals surface area (Å²) in [6, 6.07) is 6.34. The highest BCUT2D eigenvalue weighted by Crippen LogP contribution is 2.27. The molecule has 0 aliphatic rings. The summed E-state index contributed by atoms with van der Waals surface area (Å²) in [5, 5.41) is 0. The third kappa shape index (κ3) is 9.53. The first-order valence-corrected chi connectivity index (χ1v) is 15.8. The number of nitrogens with zero attached hydrogens (tertiary/aromatic N) is 2. The molecule has 2 aromatic heterocycles. The van der Waals surface area contributed by atoms with E-state index in [2.05, 4.69) is 0 Å². The van der Waals surface area contributed by atoms with Crippen LogP contribution in [0.5, 0.6) is 0 Å². The van der Waals surface area contributed by atoms with Crippen molar-refractivity contribution >= 4 is 42.6 Å². The van der Waals surface area contributed by atoms with Gasteiger partial charge in [0.15, 0.2) is 54.6 Å². The van der Waals surface area contributed by atoms with Crippen LogP contribution in [-0.4, -0.2) is 48.9 Å². The zero-order valence-corrected chi connectivity index (χ0v) is 23.5. The van der Waals surface area contributed by atoms with Crippen LogP contribution in [0, 0.1) is 23.3 Å². The van der Waals surface area contributed by atoms with Gasteiger partial charge in [0.1, 0.15) is 6.54 Å². The van der Waals surface area contributed by atoms with Crippen molar-refractivity contribution in [2.75, 3.05) is 6.61 Å². The van der Waals surface area contributed by atoms with Gasteiger partial charge in [0.05, 0.1) is 11.1 Å². The minimum atomic E-state index is -4.11. The van der Waals surface area contributed by atoms with Gasteiger partial charge in [-0.2, -0.15) is 0 Å². The van der Waals surface area contributed by atoms with Crippen molar-refractivity contribution in [2.24, 2.45) is 0 Å². The van der Waals surface area contributed by atoms with Gasteiger partial charge < -0.3 is 28.4 Å². The Bertz CT molecular complexity index is 1310. The molecule has 0 fully saturated rings. The van der Waals surface area contributed by atoms with E-state index in [4.69, 9.17) is 28.4 Å². The highest BCUT2D eigenvalue weighted by atomic mass is 28.4. The molecule has 2 heterocycles. The van der Waals surface area contributed by atoms with Gasteiger partial charge in [0, 0.05) is 49.8 Å². The Hall–Kier alpha value is -3.09. The molecule has 0 saturated carbocycles. The Balaban J connectivity index is 1.68. The molecule has 40 heavy (non-hydrogen) atoms. The van der Waals surface area contributed by atoms with E-state index in [1.807, 2.05) is 0 Å². The number of halogens is 4. The predicted molar refractivity (Wildman–Crippen MR) is 141 cm³/mol. The number of aryl methyl sites for hydroxylation is 2. The van der Waals surface area contributed by atoms with Crippen LogP contribution in [0.4, 0.5) is 17.6 Å². The quantitative estimate of drug-likeness (QED) is 0.0671. The van der Waals surface area contributed by atoms with Crippen molar-refractivity contribution in [3.63, 3.8) is 0 Å². The van der Waals surface area contributed by atoms with E-state index in [-0.39, 0.29) is 12.7 Å². The van der Waals surface area contributed by atoms with E-state index in [1.54, 1.807) is 58.2 Å². The van der Waals surface area contributed by atoms with Gasteiger partial charge in [-0.05, 0) is 23.3 Å². The Morgan fingerprint density at radius 3 is 1.45 bits per heavy atom. The van der Waals surface area contributed by atoms with Crippen LogP contribution in [0.15, 0.2) is 49.1 Å². The SMILES string of the molecule is O[SiH](O)OCCC[n+]1ccc(/C=C/c2c(F)c(F)c(/C=C/c3cc[n+](CCC[Si](O)(O)O)cc3)c(F)c2F)cc1. The Morgan fingerprint density at radius 2 is 1.07 bits per heavy atom. The lowest BCUT2D eigenvalue weighted by molar-refractivity contribution is -0.697. The van der Waals surface area contributed by atoms with E-state index < -0.39 is 52.7 Å². The number of pyridine rings is 2. The van der Waals surface area contributed by atoms with Crippen LogP contribution < -0.4 is 9.13 Å². The number of hydrogen-bond donors (Lipinski definition) is 5.